The molecule has 7 heteroatoms. The smallest absolute Gasteiger partial charge is 0.317 e. The van der Waals surface area contributed by atoms with Crippen LogP contribution < -0.4 is 0 Å². The third-order valence-corrected chi connectivity index (χ3v) is 14.6. The molecule has 5 aliphatic rings. The van der Waals surface area contributed by atoms with E-state index in [0.717, 1.165) is 82.4 Å². The van der Waals surface area contributed by atoms with Crippen LogP contribution in [0.4, 0.5) is 0 Å². The Bertz CT molecular complexity index is 1630. The Morgan fingerprint density at radius 3 is 2.50 bits per heavy atom. The Morgan fingerprint density at radius 2 is 1.83 bits per heavy atom. The van der Waals surface area contributed by atoms with Gasteiger partial charge in [-0.2, -0.15) is 0 Å². The van der Waals surface area contributed by atoms with Gasteiger partial charge in [-0.15, -0.1) is 0 Å². The van der Waals surface area contributed by atoms with Crippen molar-refractivity contribution < 1.29 is 19.1 Å². The van der Waals surface area contributed by atoms with Crippen molar-refractivity contribution in [2.75, 3.05) is 27.7 Å². The Morgan fingerprint density at radius 1 is 1.06 bits per heavy atom. The zero-order chi connectivity index (χ0) is 36.8. The standard InChI is InChI=1S/C45H63N3O4/c1-8-9-15-34-21-41(52-40(34)28-48(6)26-33-14-12-13-32(20-33)25-47(5)27-36-16-10-11-19-46-36)44-24-37-31(4)17-18-38(37)43(29-49)23-35(44)22-39(30(2)3)45(43,44)42(50)51-7/h10-14,16,19-20,22,29-31,34-35,37-38,40-41H,8-9,15,17-18,21,23-28H2,1-7H3/t31-,34?,35?,37-,38-,40?,41?,43?,44?,45?/m1/s1. The van der Waals surface area contributed by atoms with Gasteiger partial charge in [0.2, 0.25) is 0 Å². The highest BCUT2D eigenvalue weighted by Gasteiger charge is 2.86. The second-order valence-corrected chi connectivity index (χ2v) is 17.9. The fourth-order valence-electron chi connectivity index (χ4n) is 12.7. The summed E-state index contributed by atoms with van der Waals surface area (Å²) >= 11 is 0. The lowest BCUT2D eigenvalue weighted by atomic mass is 9.41. The van der Waals surface area contributed by atoms with Gasteiger partial charge in [-0.05, 0) is 105 Å². The normalized spacial score (nSPS) is 36.1. The number of aldehydes is 1. The molecule has 7 unspecified atom stereocenters. The van der Waals surface area contributed by atoms with Gasteiger partial charge in [0.25, 0.3) is 0 Å². The molecule has 3 saturated carbocycles. The summed E-state index contributed by atoms with van der Waals surface area (Å²) in [5, 5.41) is 0. The van der Waals surface area contributed by atoms with E-state index in [2.05, 4.69) is 93.0 Å². The quantitative estimate of drug-likeness (QED) is 0.105. The number of aromatic nitrogens is 1. The summed E-state index contributed by atoms with van der Waals surface area (Å²) in [4.78, 5) is 37.8. The summed E-state index contributed by atoms with van der Waals surface area (Å²) in [6.45, 7) is 12.4. The average Bonchev–Trinajstić information content (AvgIpc) is 3.83. The highest BCUT2D eigenvalue weighted by atomic mass is 16.5. The molecule has 1 aliphatic heterocycles. The minimum absolute atomic E-state index is 0.0742. The van der Waals surface area contributed by atoms with E-state index < -0.39 is 16.2 Å². The first-order valence-corrected chi connectivity index (χ1v) is 20.3. The topological polar surface area (TPSA) is 72.0 Å². The molecule has 1 saturated heterocycles. The van der Waals surface area contributed by atoms with Gasteiger partial charge in [0.15, 0.2) is 0 Å². The predicted octanol–water partition coefficient (Wildman–Crippen LogP) is 8.12. The molecule has 282 valence electrons. The molecule has 1 aromatic heterocycles. The number of unbranched alkanes of at least 4 members (excludes halogenated alkanes) is 1. The van der Waals surface area contributed by atoms with E-state index in [1.165, 1.54) is 23.8 Å². The zero-order valence-electron chi connectivity index (χ0n) is 32.9. The molecule has 0 N–H and O–H groups in total. The minimum atomic E-state index is -0.953. The molecule has 52 heavy (non-hydrogen) atoms. The van der Waals surface area contributed by atoms with Crippen molar-refractivity contribution in [2.45, 2.75) is 111 Å². The van der Waals surface area contributed by atoms with Crippen molar-refractivity contribution in [1.82, 2.24) is 14.8 Å². The monoisotopic (exact) mass is 709 g/mol. The van der Waals surface area contributed by atoms with Crippen LogP contribution in [-0.4, -0.2) is 67.0 Å². The highest BCUT2D eigenvalue weighted by Crippen LogP contribution is 2.84. The van der Waals surface area contributed by atoms with Crippen molar-refractivity contribution >= 4 is 12.3 Å². The summed E-state index contributed by atoms with van der Waals surface area (Å²) in [5.41, 5.74) is 2.71. The van der Waals surface area contributed by atoms with E-state index in [-0.39, 0.29) is 35.9 Å². The van der Waals surface area contributed by atoms with Crippen molar-refractivity contribution in [3.8, 4) is 0 Å². The molecule has 0 radical (unpaired) electrons. The third-order valence-electron chi connectivity index (χ3n) is 14.6. The molecule has 7 rings (SSSR count). The first kappa shape index (κ1) is 37.4. The lowest BCUT2D eigenvalue weighted by molar-refractivity contribution is -0.200. The van der Waals surface area contributed by atoms with Gasteiger partial charge >= 0.3 is 5.97 Å². The van der Waals surface area contributed by atoms with Crippen LogP contribution in [0.2, 0.25) is 0 Å². The first-order valence-electron chi connectivity index (χ1n) is 20.3. The summed E-state index contributed by atoms with van der Waals surface area (Å²) in [6.07, 6.45) is 13.8. The van der Waals surface area contributed by atoms with Gasteiger partial charge < -0.3 is 14.3 Å². The Hall–Kier alpha value is -2.87. The van der Waals surface area contributed by atoms with Gasteiger partial charge in [-0.3, -0.25) is 19.6 Å². The van der Waals surface area contributed by atoms with E-state index in [1.807, 2.05) is 18.3 Å². The molecule has 2 aromatic rings. The molecule has 4 fully saturated rings. The van der Waals surface area contributed by atoms with Crippen molar-refractivity contribution in [3.05, 3.63) is 77.1 Å². The van der Waals surface area contributed by atoms with E-state index in [1.54, 1.807) is 7.11 Å². The number of hydrogen-bond donors (Lipinski definition) is 0. The summed E-state index contributed by atoms with van der Waals surface area (Å²) < 4.78 is 13.3. The second-order valence-electron chi connectivity index (χ2n) is 17.9. The third kappa shape index (κ3) is 5.83. The molecule has 1 aromatic carbocycles. The number of benzene rings is 1. The van der Waals surface area contributed by atoms with Gasteiger partial charge in [0, 0.05) is 37.8 Å². The number of carbonyl (C=O) groups excluding carboxylic acids is 2. The Balaban J connectivity index is 1.14. The highest BCUT2D eigenvalue weighted by molar-refractivity contribution is 5.91. The van der Waals surface area contributed by atoms with Crippen LogP contribution in [0.1, 0.15) is 95.9 Å². The first-order chi connectivity index (χ1) is 25.0. The van der Waals surface area contributed by atoms with Gasteiger partial charge in [0.1, 0.15) is 11.7 Å². The van der Waals surface area contributed by atoms with Gasteiger partial charge in [-0.25, -0.2) is 0 Å². The number of likely N-dealkylation sites (N-methyl/N-ethyl adjacent to an activating group) is 1. The van der Waals surface area contributed by atoms with Crippen LogP contribution in [0, 0.1) is 51.8 Å². The number of allylic oxidation sites excluding steroid dienone is 1. The molecule has 7 nitrogen and oxygen atoms in total. The van der Waals surface area contributed by atoms with E-state index in [0.29, 0.717) is 17.8 Å². The van der Waals surface area contributed by atoms with Crippen LogP contribution in [0.3, 0.4) is 0 Å². The minimum Gasteiger partial charge on any atom is -0.468 e. The van der Waals surface area contributed by atoms with Gasteiger partial charge in [0.05, 0.1) is 30.4 Å². The molecule has 10 atom stereocenters. The predicted molar refractivity (Wildman–Crippen MR) is 205 cm³/mol. The maximum atomic E-state index is 14.7. The van der Waals surface area contributed by atoms with E-state index >= 15 is 0 Å². The largest absolute Gasteiger partial charge is 0.468 e. The summed E-state index contributed by atoms with van der Waals surface area (Å²) in [7, 11) is 5.92. The number of esters is 1. The van der Waals surface area contributed by atoms with Crippen LogP contribution in [-0.2, 0) is 38.7 Å². The zero-order valence-corrected chi connectivity index (χ0v) is 32.9. The van der Waals surface area contributed by atoms with E-state index in [4.69, 9.17) is 9.47 Å². The van der Waals surface area contributed by atoms with E-state index in [9.17, 15) is 9.59 Å². The molecule has 4 bridgehead atoms. The number of methoxy groups -OCH3 is 1. The molecular weight excluding hydrogens is 647 g/mol. The van der Waals surface area contributed by atoms with Gasteiger partial charge in [-0.1, -0.05) is 88.9 Å². The Kier molecular flexibility index (Phi) is 10.6. The number of ether oxygens (including phenoxy) is 2. The molecule has 2 heterocycles. The number of pyridine rings is 1. The van der Waals surface area contributed by atoms with Crippen LogP contribution >= 0.6 is 0 Å². The maximum Gasteiger partial charge on any atom is 0.317 e. The molecular formula is C45H63N3O4. The van der Waals surface area contributed by atoms with Crippen LogP contribution in [0.25, 0.3) is 0 Å². The average molecular weight is 710 g/mol. The fourth-order valence-corrected chi connectivity index (χ4v) is 12.7. The van der Waals surface area contributed by atoms with Crippen LogP contribution in [0.15, 0.2) is 60.3 Å². The second kappa shape index (κ2) is 14.8. The number of fused-ring (bicyclic) bond motifs is 2. The van der Waals surface area contributed by atoms with Crippen molar-refractivity contribution in [1.29, 1.82) is 0 Å². The Labute approximate surface area is 312 Å². The molecule has 0 spiro atoms. The number of hydrogen-bond acceptors (Lipinski definition) is 7. The number of nitrogens with zero attached hydrogens (tertiary/aromatic N) is 3. The number of carbonyl (C=O) groups is 2. The fraction of sp³-hybridized carbons (Fsp3) is 0.667. The number of rotatable bonds is 15. The lowest BCUT2D eigenvalue weighted by Crippen LogP contribution is -2.65. The molecule has 4 aliphatic carbocycles. The van der Waals surface area contributed by atoms with Crippen LogP contribution in [0.5, 0.6) is 0 Å². The lowest BCUT2D eigenvalue weighted by Gasteiger charge is -2.60. The summed E-state index contributed by atoms with van der Waals surface area (Å²) in [5.74, 6) is 1.74. The summed E-state index contributed by atoms with van der Waals surface area (Å²) in [6, 6.07) is 15.1. The SMILES string of the molecule is CCCCC1CC(C23C[C@@H]4[C@H](C)CC[C@H]4C4(C=O)CC2C=C(C(C)C)C34C(=O)OC)OC1CN(C)Cc1cccc(CN(C)Cc2ccccn2)c1. The van der Waals surface area contributed by atoms with Crippen molar-refractivity contribution in [3.63, 3.8) is 0 Å². The van der Waals surface area contributed by atoms with Crippen molar-refractivity contribution in [2.24, 2.45) is 51.8 Å². The maximum absolute atomic E-state index is 14.7. The molecule has 0 amide bonds.